The standard InChI is InChI=1S/C15H15N3O2/c1-2-19-13(10-6-4-3-5-7-10)14-17-15(20-18-14)12-8-11(12)9-16/h3-7,11-13H,2,8H2,1H3. The molecule has 3 unspecified atom stereocenters. The van der Waals surface area contributed by atoms with Gasteiger partial charge in [0, 0.05) is 6.61 Å². The van der Waals surface area contributed by atoms with E-state index in [1.165, 1.54) is 0 Å². The van der Waals surface area contributed by atoms with Gasteiger partial charge >= 0.3 is 0 Å². The highest BCUT2D eigenvalue weighted by Gasteiger charge is 2.43. The molecule has 3 rings (SSSR count). The van der Waals surface area contributed by atoms with Gasteiger partial charge in [0.25, 0.3) is 0 Å². The van der Waals surface area contributed by atoms with Crippen molar-refractivity contribution >= 4 is 0 Å². The molecule has 1 heterocycles. The number of rotatable bonds is 5. The van der Waals surface area contributed by atoms with Crippen molar-refractivity contribution in [1.82, 2.24) is 10.1 Å². The molecular formula is C15H15N3O2. The summed E-state index contributed by atoms with van der Waals surface area (Å²) in [5, 5.41) is 12.9. The lowest BCUT2D eigenvalue weighted by atomic mass is 10.1. The van der Waals surface area contributed by atoms with Crippen molar-refractivity contribution in [2.45, 2.75) is 25.4 Å². The molecule has 0 N–H and O–H groups in total. The molecule has 0 amide bonds. The van der Waals surface area contributed by atoms with E-state index >= 15 is 0 Å². The topological polar surface area (TPSA) is 71.9 Å². The molecular weight excluding hydrogens is 254 g/mol. The van der Waals surface area contributed by atoms with Gasteiger partial charge in [0.2, 0.25) is 11.7 Å². The van der Waals surface area contributed by atoms with Crippen molar-refractivity contribution in [2.75, 3.05) is 6.61 Å². The van der Waals surface area contributed by atoms with E-state index in [1.807, 2.05) is 37.3 Å². The molecule has 0 aliphatic heterocycles. The zero-order valence-corrected chi connectivity index (χ0v) is 11.2. The number of ether oxygens (including phenoxy) is 1. The number of hydrogen-bond donors (Lipinski definition) is 0. The zero-order valence-electron chi connectivity index (χ0n) is 11.2. The summed E-state index contributed by atoms with van der Waals surface area (Å²) in [7, 11) is 0. The van der Waals surface area contributed by atoms with Crippen LogP contribution < -0.4 is 0 Å². The Morgan fingerprint density at radius 3 is 2.90 bits per heavy atom. The van der Waals surface area contributed by atoms with Crippen LogP contribution in [-0.2, 0) is 4.74 Å². The van der Waals surface area contributed by atoms with Crippen molar-refractivity contribution in [3.63, 3.8) is 0 Å². The first-order valence-electron chi connectivity index (χ1n) is 6.73. The van der Waals surface area contributed by atoms with Crippen molar-refractivity contribution in [3.8, 4) is 6.07 Å². The van der Waals surface area contributed by atoms with Gasteiger partial charge in [-0.2, -0.15) is 10.2 Å². The van der Waals surface area contributed by atoms with Crippen LogP contribution in [0, 0.1) is 17.2 Å². The van der Waals surface area contributed by atoms with Crippen LogP contribution in [0.3, 0.4) is 0 Å². The van der Waals surface area contributed by atoms with Crippen LogP contribution >= 0.6 is 0 Å². The summed E-state index contributed by atoms with van der Waals surface area (Å²) in [5.41, 5.74) is 0.995. The first kappa shape index (κ1) is 12.8. The fraction of sp³-hybridized carbons (Fsp3) is 0.400. The van der Waals surface area contributed by atoms with Gasteiger partial charge in [-0.05, 0) is 18.9 Å². The lowest BCUT2D eigenvalue weighted by Crippen LogP contribution is -2.08. The zero-order chi connectivity index (χ0) is 13.9. The summed E-state index contributed by atoms with van der Waals surface area (Å²) >= 11 is 0. The first-order chi connectivity index (χ1) is 9.83. The van der Waals surface area contributed by atoms with E-state index in [0.717, 1.165) is 12.0 Å². The second-order valence-electron chi connectivity index (χ2n) is 4.81. The molecule has 0 spiro atoms. The average molecular weight is 269 g/mol. The van der Waals surface area contributed by atoms with E-state index in [4.69, 9.17) is 14.5 Å². The molecule has 2 aromatic rings. The Bertz CT molecular complexity index is 618. The lowest BCUT2D eigenvalue weighted by Gasteiger charge is -2.13. The Balaban J connectivity index is 1.84. The summed E-state index contributed by atoms with van der Waals surface area (Å²) in [6.07, 6.45) is 0.487. The third kappa shape index (κ3) is 2.43. The maximum Gasteiger partial charge on any atom is 0.231 e. The third-order valence-electron chi connectivity index (χ3n) is 3.40. The van der Waals surface area contributed by atoms with Crippen LogP contribution in [0.15, 0.2) is 34.9 Å². The van der Waals surface area contributed by atoms with Gasteiger partial charge in [-0.1, -0.05) is 35.5 Å². The monoisotopic (exact) mass is 269 g/mol. The Kier molecular flexibility index (Phi) is 3.48. The van der Waals surface area contributed by atoms with Crippen LogP contribution in [0.4, 0.5) is 0 Å². The maximum atomic E-state index is 8.85. The summed E-state index contributed by atoms with van der Waals surface area (Å²) in [6, 6.07) is 12.0. The fourth-order valence-electron chi connectivity index (χ4n) is 2.23. The smallest absolute Gasteiger partial charge is 0.231 e. The second-order valence-corrected chi connectivity index (χ2v) is 4.81. The molecule has 1 aromatic carbocycles. The second kappa shape index (κ2) is 5.43. The largest absolute Gasteiger partial charge is 0.366 e. The molecule has 1 aromatic heterocycles. The minimum atomic E-state index is -0.321. The first-order valence-corrected chi connectivity index (χ1v) is 6.73. The molecule has 5 nitrogen and oxygen atoms in total. The highest BCUT2D eigenvalue weighted by atomic mass is 16.5. The van der Waals surface area contributed by atoms with Crippen molar-refractivity contribution in [1.29, 1.82) is 5.26 Å². The van der Waals surface area contributed by atoms with E-state index in [1.54, 1.807) is 0 Å². The summed E-state index contributed by atoms with van der Waals surface area (Å²) in [6.45, 7) is 2.50. The lowest BCUT2D eigenvalue weighted by molar-refractivity contribution is 0.0833. The summed E-state index contributed by atoms with van der Waals surface area (Å²) in [5.74, 6) is 1.19. The summed E-state index contributed by atoms with van der Waals surface area (Å²) in [4.78, 5) is 4.41. The van der Waals surface area contributed by atoms with Crippen molar-refractivity contribution < 1.29 is 9.26 Å². The van der Waals surface area contributed by atoms with Crippen molar-refractivity contribution in [3.05, 3.63) is 47.6 Å². The molecule has 5 heteroatoms. The van der Waals surface area contributed by atoms with Crippen LogP contribution in [0.5, 0.6) is 0 Å². The van der Waals surface area contributed by atoms with E-state index in [9.17, 15) is 0 Å². The normalized spacial score (nSPS) is 22.2. The average Bonchev–Trinajstić information content (AvgIpc) is 3.14. The quantitative estimate of drug-likeness (QED) is 0.834. The molecule has 0 radical (unpaired) electrons. The van der Waals surface area contributed by atoms with E-state index in [2.05, 4.69) is 16.2 Å². The van der Waals surface area contributed by atoms with Gasteiger partial charge in [0.15, 0.2) is 0 Å². The molecule has 0 bridgehead atoms. The number of nitrogens with zero attached hydrogens (tertiary/aromatic N) is 3. The van der Waals surface area contributed by atoms with Crippen molar-refractivity contribution in [2.24, 2.45) is 5.92 Å². The predicted octanol–water partition coefficient (Wildman–Crippen LogP) is 2.82. The highest BCUT2D eigenvalue weighted by Crippen LogP contribution is 2.46. The van der Waals surface area contributed by atoms with Crippen LogP contribution in [0.25, 0.3) is 0 Å². The molecule has 102 valence electrons. The predicted molar refractivity (Wildman–Crippen MR) is 70.7 cm³/mol. The molecule has 1 aliphatic carbocycles. The number of nitriles is 1. The molecule has 20 heavy (non-hydrogen) atoms. The van der Waals surface area contributed by atoms with Gasteiger partial charge in [0.05, 0.1) is 17.9 Å². The Morgan fingerprint density at radius 1 is 1.45 bits per heavy atom. The van der Waals surface area contributed by atoms with Gasteiger partial charge in [-0.15, -0.1) is 0 Å². The maximum absolute atomic E-state index is 8.85. The van der Waals surface area contributed by atoms with E-state index in [0.29, 0.717) is 18.3 Å². The van der Waals surface area contributed by atoms with Gasteiger partial charge in [-0.25, -0.2) is 0 Å². The van der Waals surface area contributed by atoms with E-state index < -0.39 is 0 Å². The number of hydrogen-bond acceptors (Lipinski definition) is 5. The minimum absolute atomic E-state index is 0.0190. The van der Waals surface area contributed by atoms with E-state index in [-0.39, 0.29) is 17.9 Å². The molecule has 3 atom stereocenters. The Hall–Kier alpha value is -2.19. The van der Waals surface area contributed by atoms with Gasteiger partial charge in [0.1, 0.15) is 6.10 Å². The SMILES string of the molecule is CCOC(c1ccccc1)c1noc(C2CC2C#N)n1. The molecule has 1 saturated carbocycles. The molecule has 0 saturated heterocycles. The highest BCUT2D eigenvalue weighted by molar-refractivity contribution is 5.23. The minimum Gasteiger partial charge on any atom is -0.366 e. The third-order valence-corrected chi connectivity index (χ3v) is 3.40. The van der Waals surface area contributed by atoms with Crippen LogP contribution in [0.2, 0.25) is 0 Å². The molecule has 1 fully saturated rings. The van der Waals surface area contributed by atoms with Gasteiger partial charge < -0.3 is 9.26 Å². The Morgan fingerprint density at radius 2 is 2.25 bits per heavy atom. The van der Waals surface area contributed by atoms with Crippen LogP contribution in [-0.4, -0.2) is 16.7 Å². The fourth-order valence-corrected chi connectivity index (χ4v) is 2.23. The number of aromatic nitrogens is 2. The number of benzene rings is 1. The van der Waals surface area contributed by atoms with Crippen LogP contribution in [0.1, 0.15) is 42.6 Å². The Labute approximate surface area is 117 Å². The molecule has 1 aliphatic rings. The summed E-state index contributed by atoms with van der Waals surface area (Å²) < 4.78 is 11.0. The van der Waals surface area contributed by atoms with Gasteiger partial charge in [-0.3, -0.25) is 0 Å².